The second-order valence-corrected chi connectivity index (χ2v) is 7.54. The molecule has 4 aromatic rings. The van der Waals surface area contributed by atoms with E-state index >= 15 is 0 Å². The molecule has 0 aliphatic heterocycles. The van der Waals surface area contributed by atoms with Gasteiger partial charge in [0, 0.05) is 40.4 Å². The number of ether oxygens (including phenoxy) is 1. The number of carbonyl (C=O) groups is 1. The highest BCUT2D eigenvalue weighted by atomic mass is 35.5. The van der Waals surface area contributed by atoms with Gasteiger partial charge in [-0.05, 0) is 30.3 Å². The molecular weight excluding hydrogens is 503 g/mol. The smallest absolute Gasteiger partial charge is 0.435 e. The van der Waals surface area contributed by atoms with Crippen molar-refractivity contribution < 1.29 is 27.8 Å². The largest absolute Gasteiger partial charge is 0.545 e. The van der Waals surface area contributed by atoms with Gasteiger partial charge in [0.25, 0.3) is 0 Å². The van der Waals surface area contributed by atoms with Crippen LogP contribution < -0.4 is 15.2 Å². The lowest BCUT2D eigenvalue weighted by atomic mass is 10.1. The summed E-state index contributed by atoms with van der Waals surface area (Å²) in [5, 5.41) is 27.3. The van der Waals surface area contributed by atoms with Crippen molar-refractivity contribution in [1.82, 2.24) is 24.7 Å². The first-order chi connectivity index (χ1) is 17.1. The van der Waals surface area contributed by atoms with Crippen LogP contribution in [-0.4, -0.2) is 37.8 Å². The van der Waals surface area contributed by atoms with E-state index in [2.05, 4.69) is 25.4 Å². The Bertz CT molecular complexity index is 1520. The molecule has 0 amide bonds. The summed E-state index contributed by atoms with van der Waals surface area (Å²) in [5.41, 5.74) is -0.697. The molecule has 3 aromatic heterocycles. The Morgan fingerprint density at radius 1 is 1.22 bits per heavy atom. The van der Waals surface area contributed by atoms with E-state index in [1.807, 2.05) is 6.07 Å². The molecule has 0 spiro atoms. The molecule has 1 N–H and O–H groups in total. The molecule has 3 heterocycles. The highest BCUT2D eigenvalue weighted by molar-refractivity contribution is 6.31. The van der Waals surface area contributed by atoms with E-state index in [4.69, 9.17) is 21.6 Å². The minimum absolute atomic E-state index is 0.0643. The number of alkyl halides is 3. The molecule has 0 atom stereocenters. The molecule has 1 aromatic carbocycles. The number of nitrogens with zero attached hydrogens (tertiary/aromatic N) is 6. The Morgan fingerprint density at radius 2 is 2.00 bits per heavy atom. The Morgan fingerprint density at radius 3 is 2.64 bits per heavy atom. The van der Waals surface area contributed by atoms with Crippen LogP contribution in [0, 0.1) is 11.3 Å². The van der Waals surface area contributed by atoms with Gasteiger partial charge in [0.05, 0.1) is 30.3 Å². The maximum absolute atomic E-state index is 13.2. The first-order valence-electron chi connectivity index (χ1n) is 9.83. The van der Waals surface area contributed by atoms with Crippen LogP contribution in [0.4, 0.5) is 24.8 Å². The molecule has 36 heavy (non-hydrogen) atoms. The quantitative estimate of drug-likeness (QED) is 0.409. The van der Waals surface area contributed by atoms with Crippen molar-refractivity contribution in [3.05, 3.63) is 70.8 Å². The average Bonchev–Trinajstić information content (AvgIpc) is 3.34. The van der Waals surface area contributed by atoms with Crippen molar-refractivity contribution in [2.24, 2.45) is 0 Å². The van der Waals surface area contributed by atoms with Crippen LogP contribution in [0.15, 0.2) is 48.9 Å². The summed E-state index contributed by atoms with van der Waals surface area (Å²) in [4.78, 5) is 23.9. The number of carbonyl (C=O) groups excluding carboxylic acids is 1. The summed E-state index contributed by atoms with van der Waals surface area (Å²) in [7, 11) is 1.22. The predicted molar refractivity (Wildman–Crippen MR) is 118 cm³/mol. The number of rotatable bonds is 6. The Kier molecular flexibility index (Phi) is 6.45. The third-order valence-corrected chi connectivity index (χ3v) is 4.94. The molecule has 0 bridgehead atoms. The summed E-state index contributed by atoms with van der Waals surface area (Å²) >= 11 is 6.02. The zero-order valence-electron chi connectivity index (χ0n) is 18.0. The van der Waals surface area contributed by atoms with Crippen molar-refractivity contribution in [2.45, 2.75) is 6.18 Å². The number of carboxylic acids is 1. The number of nitrogens with one attached hydrogen (secondary N) is 1. The SMILES string of the molecule is COc1ncc(-c2cnc(Nc3cc(Cl)cc(C#N)c3)nc2-n2ccc(C(F)(F)F)n2)cc1C(=O)[O-]. The third kappa shape index (κ3) is 5.03. The van der Waals surface area contributed by atoms with Gasteiger partial charge in [-0.1, -0.05) is 11.6 Å². The molecule has 0 saturated carbocycles. The number of anilines is 2. The minimum atomic E-state index is -4.71. The first kappa shape index (κ1) is 24.4. The van der Waals surface area contributed by atoms with Crippen LogP contribution in [0.5, 0.6) is 5.88 Å². The number of hydrogen-bond donors (Lipinski definition) is 1. The number of benzene rings is 1. The molecule has 4 rings (SSSR count). The Hall–Kier alpha value is -4.70. The van der Waals surface area contributed by atoms with Crippen LogP contribution in [0.1, 0.15) is 21.6 Å². The number of aromatic carboxylic acids is 1. The van der Waals surface area contributed by atoms with Gasteiger partial charge in [0.2, 0.25) is 11.8 Å². The standard InChI is InChI=1S/C22H13ClF3N7O3/c1-36-19-15(20(34)35)6-12(9-28-19)16-10-29-21(30-14-5-11(8-27)4-13(23)7-14)31-18(16)33-3-2-17(32-33)22(24,25)26/h2-7,9-10H,1H3,(H,34,35)(H,29,30,31)/p-1. The molecule has 10 nitrogen and oxygen atoms in total. The van der Waals surface area contributed by atoms with Crippen molar-refractivity contribution in [3.63, 3.8) is 0 Å². The van der Waals surface area contributed by atoms with Crippen molar-refractivity contribution in [2.75, 3.05) is 12.4 Å². The first-order valence-corrected chi connectivity index (χ1v) is 10.2. The van der Waals surface area contributed by atoms with E-state index in [0.29, 0.717) is 5.69 Å². The lowest BCUT2D eigenvalue weighted by Gasteiger charge is -2.14. The topological polar surface area (TPSA) is 142 Å². The van der Waals surface area contributed by atoms with Crippen molar-refractivity contribution in [3.8, 4) is 28.9 Å². The van der Waals surface area contributed by atoms with Crippen LogP contribution in [0.25, 0.3) is 16.9 Å². The van der Waals surface area contributed by atoms with Crippen LogP contribution in [0.3, 0.4) is 0 Å². The fraction of sp³-hybridized carbons (Fsp3) is 0.0909. The van der Waals surface area contributed by atoms with Crippen molar-refractivity contribution >= 4 is 29.2 Å². The predicted octanol–water partition coefficient (Wildman–Crippen LogP) is 3.38. The Balaban J connectivity index is 1.86. The molecular formula is C22H12ClF3N7O3-. The molecule has 182 valence electrons. The highest BCUT2D eigenvalue weighted by Gasteiger charge is 2.34. The molecule has 0 aliphatic carbocycles. The monoisotopic (exact) mass is 514 g/mol. The Labute approximate surface area is 205 Å². The number of aromatic nitrogens is 5. The van der Waals surface area contributed by atoms with Crippen molar-refractivity contribution in [1.29, 1.82) is 5.26 Å². The number of pyridine rings is 1. The molecule has 14 heteroatoms. The number of hydrogen-bond acceptors (Lipinski definition) is 9. The maximum atomic E-state index is 13.2. The van der Waals surface area contributed by atoms with E-state index in [1.165, 1.54) is 43.8 Å². The average molecular weight is 515 g/mol. The van der Waals surface area contributed by atoms with E-state index in [9.17, 15) is 23.1 Å². The zero-order chi connectivity index (χ0) is 26.0. The van der Waals surface area contributed by atoms with Gasteiger partial charge in [0.1, 0.15) is 0 Å². The second-order valence-electron chi connectivity index (χ2n) is 7.11. The maximum Gasteiger partial charge on any atom is 0.435 e. The molecule has 0 unspecified atom stereocenters. The molecule has 0 radical (unpaired) electrons. The summed E-state index contributed by atoms with van der Waals surface area (Å²) < 4.78 is 45.3. The lowest BCUT2D eigenvalue weighted by molar-refractivity contribution is -0.255. The summed E-state index contributed by atoms with van der Waals surface area (Å²) in [5.74, 6) is -1.98. The van der Waals surface area contributed by atoms with Gasteiger partial charge in [-0.2, -0.15) is 28.5 Å². The number of methoxy groups -OCH3 is 1. The normalized spacial score (nSPS) is 11.1. The lowest BCUT2D eigenvalue weighted by Crippen LogP contribution is -2.23. The van der Waals surface area contributed by atoms with Gasteiger partial charge in [-0.25, -0.2) is 14.6 Å². The molecule has 0 fully saturated rings. The fourth-order valence-electron chi connectivity index (χ4n) is 3.17. The van der Waals surface area contributed by atoms with Crippen LogP contribution >= 0.6 is 11.6 Å². The molecule has 0 aliphatic rings. The number of halogens is 4. The fourth-order valence-corrected chi connectivity index (χ4v) is 3.40. The van der Waals surface area contributed by atoms with Gasteiger partial charge >= 0.3 is 6.18 Å². The zero-order valence-corrected chi connectivity index (χ0v) is 18.8. The highest BCUT2D eigenvalue weighted by Crippen LogP contribution is 2.32. The number of carboxylic acid groups (broad SMARTS) is 1. The minimum Gasteiger partial charge on any atom is -0.545 e. The van der Waals surface area contributed by atoms with E-state index in [-0.39, 0.29) is 44.9 Å². The van der Waals surface area contributed by atoms with E-state index in [1.54, 1.807) is 0 Å². The van der Waals surface area contributed by atoms with Gasteiger partial charge in [-0.15, -0.1) is 0 Å². The second kappa shape index (κ2) is 9.51. The van der Waals surface area contributed by atoms with Crippen LogP contribution in [-0.2, 0) is 6.18 Å². The van der Waals surface area contributed by atoms with E-state index < -0.39 is 17.8 Å². The summed E-state index contributed by atoms with van der Waals surface area (Å²) in [6.07, 6.45) is -1.18. The summed E-state index contributed by atoms with van der Waals surface area (Å²) in [6.45, 7) is 0. The van der Waals surface area contributed by atoms with E-state index in [0.717, 1.165) is 16.9 Å². The van der Waals surface area contributed by atoms with Gasteiger partial charge in [0.15, 0.2) is 11.5 Å². The van der Waals surface area contributed by atoms with Crippen LogP contribution in [0.2, 0.25) is 5.02 Å². The molecule has 0 saturated heterocycles. The van der Waals surface area contributed by atoms with Gasteiger partial charge < -0.3 is 20.0 Å². The summed E-state index contributed by atoms with van der Waals surface area (Å²) in [6, 6.07) is 8.28. The third-order valence-electron chi connectivity index (χ3n) is 4.72. The van der Waals surface area contributed by atoms with Gasteiger partial charge in [-0.3, -0.25) is 0 Å². The number of nitriles is 1.